The first-order valence-electron chi connectivity index (χ1n) is 10.1. The number of amides is 1. The second-order valence-corrected chi connectivity index (χ2v) is 8.90. The summed E-state index contributed by atoms with van der Waals surface area (Å²) in [6.07, 6.45) is 1.58. The number of H-pyrrole nitrogens is 1. The smallest absolute Gasteiger partial charge is 0.330 e. The van der Waals surface area contributed by atoms with Gasteiger partial charge in [0, 0.05) is 30.5 Å². The number of aromatic amines is 1. The number of carbonyl (C=O) groups is 1. The van der Waals surface area contributed by atoms with Crippen LogP contribution in [0.2, 0.25) is 0 Å². The molecule has 170 valence electrons. The molecule has 10 heteroatoms. The number of hydrogen-bond donors (Lipinski definition) is 2. The average Bonchev–Trinajstić information content (AvgIpc) is 3.12. The van der Waals surface area contributed by atoms with Crippen molar-refractivity contribution in [3.8, 4) is 11.4 Å². The number of nitrogens with zero attached hydrogens (tertiary/aromatic N) is 2. The number of nitrogens with one attached hydrogen (secondary N) is 2. The van der Waals surface area contributed by atoms with E-state index in [9.17, 15) is 18.0 Å². The number of anilines is 1. The van der Waals surface area contributed by atoms with Gasteiger partial charge in [0.2, 0.25) is 10.0 Å². The van der Waals surface area contributed by atoms with Gasteiger partial charge in [-0.3, -0.25) is 9.36 Å². The Morgan fingerprint density at radius 3 is 2.44 bits per heavy atom. The molecule has 0 radical (unpaired) electrons. The predicted molar refractivity (Wildman–Crippen MR) is 122 cm³/mol. The number of imidazole rings is 1. The lowest BCUT2D eigenvalue weighted by molar-refractivity contribution is 0.102. The molecule has 0 saturated carbocycles. The van der Waals surface area contributed by atoms with Crippen LogP contribution in [0.3, 0.4) is 0 Å². The summed E-state index contributed by atoms with van der Waals surface area (Å²) in [5.74, 6) is -0.360. The monoisotopic (exact) mass is 458 g/mol. The first-order valence-corrected chi connectivity index (χ1v) is 11.5. The van der Waals surface area contributed by atoms with E-state index in [2.05, 4.69) is 10.3 Å². The Morgan fingerprint density at radius 2 is 1.84 bits per heavy atom. The number of ether oxygens (including phenoxy) is 1. The van der Waals surface area contributed by atoms with Crippen LogP contribution in [-0.2, 0) is 10.0 Å². The summed E-state index contributed by atoms with van der Waals surface area (Å²) in [7, 11) is -2.47. The van der Waals surface area contributed by atoms with Crippen molar-refractivity contribution in [3.63, 3.8) is 0 Å². The Balaban J connectivity index is 2.02. The number of aryl methyl sites for hydroxylation is 1. The number of hydrogen-bond acceptors (Lipinski definition) is 5. The van der Waals surface area contributed by atoms with Crippen molar-refractivity contribution in [1.29, 1.82) is 0 Å². The fourth-order valence-electron chi connectivity index (χ4n) is 3.45. The average molecular weight is 459 g/mol. The first kappa shape index (κ1) is 23.3. The Kier molecular flexibility index (Phi) is 6.85. The number of aromatic nitrogens is 2. The number of sulfonamides is 1. The van der Waals surface area contributed by atoms with Gasteiger partial charge in [-0.2, -0.15) is 4.31 Å². The molecule has 0 bridgehead atoms. The lowest BCUT2D eigenvalue weighted by Gasteiger charge is -2.20. The molecule has 3 rings (SSSR count). The molecule has 2 N–H and O–H groups in total. The zero-order valence-electron chi connectivity index (χ0n) is 18.4. The minimum absolute atomic E-state index is 0.0812. The molecular weight excluding hydrogens is 432 g/mol. The van der Waals surface area contributed by atoms with Gasteiger partial charge in [0.05, 0.1) is 18.5 Å². The van der Waals surface area contributed by atoms with Crippen LogP contribution in [0.5, 0.6) is 5.75 Å². The number of para-hydroxylation sites is 2. The highest BCUT2D eigenvalue weighted by molar-refractivity contribution is 7.89. The minimum Gasteiger partial charge on any atom is -0.495 e. The van der Waals surface area contributed by atoms with E-state index in [1.54, 1.807) is 51.2 Å². The number of carbonyl (C=O) groups excluding carboxylic acids is 1. The van der Waals surface area contributed by atoms with Crippen molar-refractivity contribution in [2.75, 3.05) is 25.5 Å². The molecule has 0 fully saturated rings. The summed E-state index contributed by atoms with van der Waals surface area (Å²) in [4.78, 5) is 27.8. The van der Waals surface area contributed by atoms with Gasteiger partial charge >= 0.3 is 5.69 Å². The van der Waals surface area contributed by atoms with Crippen LogP contribution in [-0.4, -0.2) is 48.4 Å². The summed E-state index contributed by atoms with van der Waals surface area (Å²) < 4.78 is 34.1. The standard InChI is InChI=1S/C22H26N4O5S/c1-5-25(6-2)32(29,30)20-13-16(11-12-19(20)31-4)21(27)24-17-9-7-8-10-18(17)26-15(3)14-23-22(26)28/h7-14H,5-6H2,1-4H3,(H,23,28)(H,24,27). The molecule has 9 nitrogen and oxygen atoms in total. The summed E-state index contributed by atoms with van der Waals surface area (Å²) in [6.45, 7) is 5.83. The zero-order valence-corrected chi connectivity index (χ0v) is 19.2. The second-order valence-electron chi connectivity index (χ2n) is 7.00. The molecule has 0 aliphatic carbocycles. The fraction of sp³-hybridized carbons (Fsp3) is 0.273. The van der Waals surface area contributed by atoms with Crippen molar-refractivity contribution in [2.45, 2.75) is 25.7 Å². The second kappa shape index (κ2) is 9.41. The summed E-state index contributed by atoms with van der Waals surface area (Å²) in [5.41, 5.74) is 1.39. The van der Waals surface area contributed by atoms with E-state index in [0.717, 1.165) is 0 Å². The van der Waals surface area contributed by atoms with E-state index in [4.69, 9.17) is 4.74 Å². The molecule has 3 aromatic rings. The third-order valence-electron chi connectivity index (χ3n) is 5.10. The van der Waals surface area contributed by atoms with Crippen LogP contribution in [0.1, 0.15) is 29.9 Å². The van der Waals surface area contributed by atoms with Crippen molar-refractivity contribution >= 4 is 21.6 Å². The third kappa shape index (κ3) is 4.32. The van der Waals surface area contributed by atoms with Gasteiger partial charge in [-0.15, -0.1) is 0 Å². The van der Waals surface area contributed by atoms with E-state index in [1.807, 2.05) is 0 Å². The van der Waals surface area contributed by atoms with Crippen molar-refractivity contribution in [3.05, 3.63) is 70.4 Å². The molecule has 32 heavy (non-hydrogen) atoms. The Bertz CT molecular complexity index is 1290. The maximum atomic E-state index is 13.1. The van der Waals surface area contributed by atoms with E-state index >= 15 is 0 Å². The Morgan fingerprint density at radius 1 is 1.16 bits per heavy atom. The molecule has 1 heterocycles. The Hall–Kier alpha value is -3.37. The van der Waals surface area contributed by atoms with E-state index in [0.29, 0.717) is 17.1 Å². The molecule has 1 aromatic heterocycles. The van der Waals surface area contributed by atoms with Gasteiger partial charge in [0.25, 0.3) is 5.91 Å². The van der Waals surface area contributed by atoms with Crippen molar-refractivity contribution < 1.29 is 17.9 Å². The first-order chi connectivity index (χ1) is 15.2. The number of methoxy groups -OCH3 is 1. The van der Waals surface area contributed by atoms with Gasteiger partial charge in [-0.1, -0.05) is 26.0 Å². The molecule has 0 aliphatic heterocycles. The number of rotatable bonds is 8. The van der Waals surface area contributed by atoms with E-state index in [1.165, 1.54) is 34.2 Å². The van der Waals surface area contributed by atoms with Gasteiger partial charge in [-0.05, 0) is 37.3 Å². The van der Waals surface area contributed by atoms with Crippen LogP contribution in [0, 0.1) is 6.92 Å². The fourth-order valence-corrected chi connectivity index (χ4v) is 5.09. The molecule has 0 atom stereocenters. The molecule has 0 saturated heterocycles. The molecule has 1 amide bonds. The lowest BCUT2D eigenvalue weighted by Crippen LogP contribution is -2.31. The maximum absolute atomic E-state index is 13.1. The highest BCUT2D eigenvalue weighted by Crippen LogP contribution is 2.29. The molecule has 2 aromatic carbocycles. The predicted octanol–water partition coefficient (Wildman–Crippen LogP) is 2.77. The zero-order chi connectivity index (χ0) is 23.5. The van der Waals surface area contributed by atoms with Gasteiger partial charge in [0.15, 0.2) is 0 Å². The summed E-state index contributed by atoms with van der Waals surface area (Å²) >= 11 is 0. The largest absolute Gasteiger partial charge is 0.495 e. The minimum atomic E-state index is -3.85. The van der Waals surface area contributed by atoms with Crippen LogP contribution in [0.4, 0.5) is 5.69 Å². The molecular formula is C22H26N4O5S. The number of benzene rings is 2. The van der Waals surface area contributed by atoms with Gasteiger partial charge < -0.3 is 15.0 Å². The molecule has 0 spiro atoms. The topological polar surface area (TPSA) is 113 Å². The van der Waals surface area contributed by atoms with Gasteiger partial charge in [-0.25, -0.2) is 13.2 Å². The van der Waals surface area contributed by atoms with Crippen LogP contribution in [0.25, 0.3) is 5.69 Å². The molecule has 0 unspecified atom stereocenters. The van der Waals surface area contributed by atoms with E-state index < -0.39 is 15.9 Å². The normalized spacial score (nSPS) is 11.5. The maximum Gasteiger partial charge on any atom is 0.330 e. The quantitative estimate of drug-likeness (QED) is 0.539. The van der Waals surface area contributed by atoms with Gasteiger partial charge in [0.1, 0.15) is 10.6 Å². The SMILES string of the molecule is CCN(CC)S(=O)(=O)c1cc(C(=O)Nc2ccccc2-n2c(C)c[nH]c2=O)ccc1OC. The molecule has 0 aliphatic rings. The van der Waals surface area contributed by atoms with Crippen LogP contribution >= 0.6 is 0 Å². The van der Waals surface area contributed by atoms with E-state index in [-0.39, 0.29) is 35.0 Å². The van der Waals surface area contributed by atoms with Crippen LogP contribution in [0.15, 0.2) is 58.4 Å². The third-order valence-corrected chi connectivity index (χ3v) is 7.17. The highest BCUT2D eigenvalue weighted by atomic mass is 32.2. The summed E-state index contributed by atoms with van der Waals surface area (Å²) in [5, 5.41) is 2.78. The highest BCUT2D eigenvalue weighted by Gasteiger charge is 2.27. The van der Waals surface area contributed by atoms with Crippen LogP contribution < -0.4 is 15.7 Å². The summed E-state index contributed by atoms with van der Waals surface area (Å²) in [6, 6.07) is 11.1. The Labute approximate surface area is 186 Å². The van der Waals surface area contributed by atoms with Crippen molar-refractivity contribution in [2.24, 2.45) is 0 Å². The lowest BCUT2D eigenvalue weighted by atomic mass is 10.2. The van der Waals surface area contributed by atoms with Crippen molar-refractivity contribution in [1.82, 2.24) is 13.9 Å².